The third-order valence-electron chi connectivity index (χ3n) is 22.9. The zero-order valence-corrected chi connectivity index (χ0v) is 63.8. The van der Waals surface area contributed by atoms with E-state index < -0.39 is 0 Å². The molecule has 0 saturated carbocycles. The van der Waals surface area contributed by atoms with Crippen LogP contribution in [0, 0.1) is 25.7 Å². The SMILES string of the molecule is CCCCCc1ccc(CCCCC)c(-c2ccc(-c3ccc(-c4ccc(N(C5=C(C)C(C)C(C)C=C5)c5cc6c7ccccc7c(N(c7ccc(-c8ccc(-c9ccc(-c%10cc(CCCCC)ccc%10CCCCC)cc9)cc8)cc7)c7ccc(C)cc7C)cc6c6ccccc56)cc4)cc3)cc2)c1. The van der Waals surface area contributed by atoms with Gasteiger partial charge in [-0.1, -0.05) is 323 Å². The van der Waals surface area contributed by atoms with Crippen molar-refractivity contribution in [2.75, 3.05) is 9.80 Å². The van der Waals surface area contributed by atoms with E-state index in [0.717, 1.165) is 48.4 Å². The van der Waals surface area contributed by atoms with Gasteiger partial charge < -0.3 is 9.80 Å². The standard InChI is InChI=1S/C103H106N2/c1-10-14-18-26-76-36-38-86(28-20-16-12-3)96(67-76)88-52-48-82(49-53-88)78-40-44-80(45-41-78)84-56-60-90(61-57-84)104(100-64-34-71(5)66-73(100)7)102-69-98-93-31-23-25-33-95(93)103(70-99(98)92-30-22-24-32-94(92)102)105(101-65-35-72(6)74(8)75(101)9)91-62-58-85(59-63-91)81-46-42-79(43-47-81)83-50-54-89(55-51-83)97-68-77(27-19-15-11-2)37-39-87(97)29-21-17-13-4/h22-25,30-70,72,74H,10-21,26-29H2,1-9H3. The van der Waals surface area contributed by atoms with Crippen LogP contribution in [0.1, 0.15) is 159 Å². The lowest BCUT2D eigenvalue weighted by Gasteiger charge is -2.34. The zero-order chi connectivity index (χ0) is 72.3. The Bertz CT molecular complexity index is 5200. The Labute approximate surface area is 627 Å². The van der Waals surface area contributed by atoms with Crippen molar-refractivity contribution in [1.29, 1.82) is 0 Å². The van der Waals surface area contributed by atoms with Gasteiger partial charge in [0, 0.05) is 33.5 Å². The van der Waals surface area contributed by atoms with Crippen LogP contribution >= 0.6 is 0 Å². The number of unbranched alkanes of at least 4 members (excludes halogenated alkanes) is 8. The van der Waals surface area contributed by atoms with Crippen LogP contribution in [0.15, 0.2) is 284 Å². The molecule has 2 nitrogen and oxygen atoms in total. The summed E-state index contributed by atoms with van der Waals surface area (Å²) in [5, 5.41) is 7.29. The molecule has 0 aromatic heterocycles. The number of fused-ring (bicyclic) bond motifs is 5. The minimum atomic E-state index is 0.374. The van der Waals surface area contributed by atoms with E-state index in [4.69, 9.17) is 0 Å². The number of hydrogen-bond acceptors (Lipinski definition) is 2. The molecule has 2 unspecified atom stereocenters. The van der Waals surface area contributed by atoms with Crippen molar-refractivity contribution in [2.45, 2.75) is 165 Å². The van der Waals surface area contributed by atoms with Crippen LogP contribution in [0.5, 0.6) is 0 Å². The normalized spacial score (nSPS) is 13.7. The van der Waals surface area contributed by atoms with Crippen LogP contribution in [-0.4, -0.2) is 0 Å². The summed E-state index contributed by atoms with van der Waals surface area (Å²) in [6.07, 6.45) is 24.4. The van der Waals surface area contributed by atoms with E-state index in [9.17, 15) is 0 Å². The quantitative estimate of drug-likeness (QED) is 0.0356. The Balaban J connectivity index is 0.779. The zero-order valence-electron chi connectivity index (χ0n) is 63.8. The van der Waals surface area contributed by atoms with Crippen molar-refractivity contribution in [2.24, 2.45) is 11.8 Å². The first kappa shape index (κ1) is 71.7. The lowest BCUT2D eigenvalue weighted by molar-refractivity contribution is 0.516. The Hall–Kier alpha value is -10.3. The van der Waals surface area contributed by atoms with Crippen molar-refractivity contribution in [3.63, 3.8) is 0 Å². The van der Waals surface area contributed by atoms with E-state index in [1.54, 1.807) is 0 Å². The van der Waals surface area contributed by atoms with Crippen LogP contribution in [0.25, 0.3) is 99.1 Å². The molecule has 13 aromatic rings. The van der Waals surface area contributed by atoms with Gasteiger partial charge in [0.05, 0.1) is 11.4 Å². The summed E-state index contributed by atoms with van der Waals surface area (Å²) in [4.78, 5) is 5.06. The van der Waals surface area contributed by atoms with Gasteiger partial charge in [0.2, 0.25) is 0 Å². The minimum absolute atomic E-state index is 0.374. The highest BCUT2D eigenvalue weighted by Crippen LogP contribution is 2.49. The molecule has 2 heteroatoms. The summed E-state index contributed by atoms with van der Waals surface area (Å²) in [5.41, 5.74) is 31.8. The van der Waals surface area contributed by atoms with E-state index in [-0.39, 0.29) is 0 Å². The van der Waals surface area contributed by atoms with Crippen LogP contribution in [0.3, 0.4) is 0 Å². The van der Waals surface area contributed by atoms with Gasteiger partial charge in [-0.05, 0) is 254 Å². The van der Waals surface area contributed by atoms with Gasteiger partial charge >= 0.3 is 0 Å². The number of benzene rings is 13. The molecule has 0 N–H and O–H groups in total. The van der Waals surface area contributed by atoms with E-state index in [1.165, 1.54) is 226 Å². The van der Waals surface area contributed by atoms with E-state index >= 15 is 0 Å². The van der Waals surface area contributed by atoms with Gasteiger partial charge in [-0.25, -0.2) is 0 Å². The number of hydrogen-bond donors (Lipinski definition) is 0. The van der Waals surface area contributed by atoms with Gasteiger partial charge in [0.25, 0.3) is 0 Å². The van der Waals surface area contributed by atoms with Crippen molar-refractivity contribution < 1.29 is 0 Å². The van der Waals surface area contributed by atoms with Crippen LogP contribution in [0.4, 0.5) is 28.4 Å². The summed E-state index contributed by atoms with van der Waals surface area (Å²) >= 11 is 0. The van der Waals surface area contributed by atoms with Crippen molar-refractivity contribution in [3.05, 3.63) is 318 Å². The second kappa shape index (κ2) is 33.2. The fourth-order valence-electron chi connectivity index (χ4n) is 16.4. The van der Waals surface area contributed by atoms with Gasteiger partial charge in [-0.15, -0.1) is 0 Å². The molecule has 0 saturated heterocycles. The number of aryl methyl sites for hydroxylation is 6. The highest BCUT2D eigenvalue weighted by molar-refractivity contribution is 6.24. The van der Waals surface area contributed by atoms with Crippen LogP contribution in [-0.2, 0) is 25.7 Å². The Kier molecular flexibility index (Phi) is 22.7. The summed E-state index contributed by atoms with van der Waals surface area (Å²) < 4.78 is 0. The van der Waals surface area contributed by atoms with Crippen molar-refractivity contribution in [1.82, 2.24) is 0 Å². The molecule has 0 amide bonds. The Morgan fingerprint density at radius 2 is 0.648 bits per heavy atom. The first-order valence-electron chi connectivity index (χ1n) is 39.8. The molecule has 0 radical (unpaired) electrons. The van der Waals surface area contributed by atoms with Gasteiger partial charge in [0.15, 0.2) is 0 Å². The second-order valence-corrected chi connectivity index (χ2v) is 30.2. The largest absolute Gasteiger partial charge is 0.310 e. The lowest BCUT2D eigenvalue weighted by Crippen LogP contribution is -2.23. The molecule has 0 fully saturated rings. The number of nitrogens with zero attached hydrogens (tertiary/aromatic N) is 2. The minimum Gasteiger partial charge on any atom is -0.310 e. The number of rotatable bonds is 28. The topological polar surface area (TPSA) is 6.48 Å². The van der Waals surface area contributed by atoms with Crippen LogP contribution in [0.2, 0.25) is 0 Å². The average molecular weight is 1370 g/mol. The Morgan fingerprint density at radius 3 is 1.04 bits per heavy atom. The Morgan fingerprint density at radius 1 is 0.295 bits per heavy atom. The van der Waals surface area contributed by atoms with Gasteiger partial charge in [-0.3, -0.25) is 0 Å². The van der Waals surface area contributed by atoms with Gasteiger partial charge in [0.1, 0.15) is 0 Å². The molecule has 13 aromatic carbocycles. The molecule has 0 heterocycles. The maximum Gasteiger partial charge on any atom is 0.0546 e. The molecular formula is C103H106N2. The third-order valence-corrected chi connectivity index (χ3v) is 22.9. The summed E-state index contributed by atoms with van der Waals surface area (Å²) in [7, 11) is 0. The predicted octanol–water partition coefficient (Wildman–Crippen LogP) is 30.4. The molecule has 1 aliphatic carbocycles. The molecule has 0 spiro atoms. The van der Waals surface area contributed by atoms with E-state index in [0.29, 0.717) is 11.8 Å². The fourth-order valence-corrected chi connectivity index (χ4v) is 16.4. The number of anilines is 5. The third kappa shape index (κ3) is 15.8. The summed E-state index contributed by atoms with van der Waals surface area (Å²) in [6, 6.07) is 100. The molecule has 14 rings (SSSR count). The lowest BCUT2D eigenvalue weighted by atomic mass is 9.83. The number of allylic oxidation sites excluding steroid dienone is 3. The van der Waals surface area contributed by atoms with E-state index in [2.05, 4.69) is 345 Å². The molecule has 1 aliphatic rings. The van der Waals surface area contributed by atoms with E-state index in [1.807, 2.05) is 0 Å². The maximum atomic E-state index is 2.56. The van der Waals surface area contributed by atoms with Gasteiger partial charge in [-0.2, -0.15) is 0 Å². The highest BCUT2D eigenvalue weighted by Gasteiger charge is 2.28. The molecule has 0 bridgehead atoms. The molecular weight excluding hydrogens is 1270 g/mol. The first-order valence-corrected chi connectivity index (χ1v) is 39.8. The van der Waals surface area contributed by atoms with Crippen molar-refractivity contribution in [3.8, 4) is 66.8 Å². The monoisotopic (exact) mass is 1370 g/mol. The smallest absolute Gasteiger partial charge is 0.0546 e. The molecule has 105 heavy (non-hydrogen) atoms. The highest BCUT2D eigenvalue weighted by atomic mass is 15.2. The fraction of sp³-hybridized carbons (Fsp3) is 0.262. The average Bonchev–Trinajstić information content (AvgIpc) is 0.723. The molecule has 0 aliphatic heterocycles. The van der Waals surface area contributed by atoms with Crippen LogP contribution < -0.4 is 9.80 Å². The summed E-state index contributed by atoms with van der Waals surface area (Å²) in [5.74, 6) is 0.805. The molecule has 2 atom stereocenters. The molecule has 528 valence electrons. The first-order chi connectivity index (χ1) is 51.5. The maximum absolute atomic E-state index is 2.56. The summed E-state index contributed by atoms with van der Waals surface area (Å²) in [6.45, 7) is 20.7. The van der Waals surface area contributed by atoms with Crippen molar-refractivity contribution >= 4 is 60.8 Å². The predicted molar refractivity (Wildman–Crippen MR) is 457 cm³/mol. The second-order valence-electron chi connectivity index (χ2n) is 30.2.